The van der Waals surface area contributed by atoms with E-state index in [0.717, 1.165) is 56.9 Å². The number of piperazine rings is 1. The van der Waals surface area contributed by atoms with Gasteiger partial charge in [0.1, 0.15) is 0 Å². The van der Waals surface area contributed by atoms with Crippen LogP contribution in [0.3, 0.4) is 0 Å². The second-order valence-electron chi connectivity index (χ2n) is 6.14. The molecule has 1 saturated heterocycles. The molecule has 6 heteroatoms. The molecule has 6 nitrogen and oxygen atoms in total. The van der Waals surface area contributed by atoms with E-state index in [0.29, 0.717) is 5.75 Å². The lowest BCUT2D eigenvalue weighted by molar-refractivity contribution is 0.210. The number of rotatable bonds is 6. The van der Waals surface area contributed by atoms with Crippen LogP contribution in [0.1, 0.15) is 12.1 Å². The van der Waals surface area contributed by atoms with Gasteiger partial charge in [-0.15, -0.1) is 0 Å². The Morgan fingerprint density at radius 2 is 1.84 bits per heavy atom. The van der Waals surface area contributed by atoms with Gasteiger partial charge in [0.05, 0.1) is 5.69 Å². The van der Waals surface area contributed by atoms with E-state index in [1.54, 1.807) is 6.07 Å². The van der Waals surface area contributed by atoms with Crippen LogP contribution in [0.5, 0.6) is 5.75 Å². The Hall–Kier alpha value is -2.60. The van der Waals surface area contributed by atoms with E-state index in [4.69, 9.17) is 10.5 Å². The fourth-order valence-electron chi connectivity index (χ4n) is 3.16. The molecule has 0 unspecified atom stereocenters. The van der Waals surface area contributed by atoms with E-state index < -0.39 is 6.09 Å². The largest absolute Gasteiger partial charge is 0.410 e. The van der Waals surface area contributed by atoms with Crippen LogP contribution in [-0.2, 0) is 6.42 Å². The number of nitrogens with two attached hydrogens (primary N) is 1. The van der Waals surface area contributed by atoms with Gasteiger partial charge in [-0.25, -0.2) is 4.79 Å². The van der Waals surface area contributed by atoms with Crippen molar-refractivity contribution < 1.29 is 9.53 Å². The van der Waals surface area contributed by atoms with Crippen LogP contribution in [0.2, 0.25) is 0 Å². The first kappa shape index (κ1) is 17.2. The summed E-state index contributed by atoms with van der Waals surface area (Å²) in [5, 5.41) is 0. The smallest absolute Gasteiger partial charge is 0.408 e. The molecular formula is C19H24N4O2. The predicted molar refractivity (Wildman–Crippen MR) is 97.9 cm³/mol. The minimum absolute atomic E-state index is 0.526. The van der Waals surface area contributed by atoms with E-state index in [-0.39, 0.29) is 0 Å². The topological polar surface area (TPSA) is 71.7 Å². The number of pyridine rings is 1. The molecule has 0 spiro atoms. The van der Waals surface area contributed by atoms with Gasteiger partial charge in [-0.3, -0.25) is 9.88 Å². The quantitative estimate of drug-likeness (QED) is 0.873. The van der Waals surface area contributed by atoms with Gasteiger partial charge in [-0.05, 0) is 43.7 Å². The molecule has 2 aromatic rings. The van der Waals surface area contributed by atoms with Gasteiger partial charge in [0, 0.05) is 38.1 Å². The number of hydrogen-bond acceptors (Lipinski definition) is 5. The van der Waals surface area contributed by atoms with Gasteiger partial charge in [0.15, 0.2) is 5.75 Å². The molecule has 0 atom stereocenters. The molecule has 25 heavy (non-hydrogen) atoms. The fraction of sp³-hybridized carbons (Fsp3) is 0.368. The first-order valence-electron chi connectivity index (χ1n) is 8.66. The zero-order chi connectivity index (χ0) is 17.5. The molecule has 2 N–H and O–H groups in total. The third-order valence-corrected chi connectivity index (χ3v) is 4.42. The Labute approximate surface area is 148 Å². The zero-order valence-electron chi connectivity index (χ0n) is 14.3. The fourth-order valence-corrected chi connectivity index (χ4v) is 3.16. The van der Waals surface area contributed by atoms with Gasteiger partial charge in [0.2, 0.25) is 0 Å². The van der Waals surface area contributed by atoms with Gasteiger partial charge in [-0.2, -0.15) is 0 Å². The standard InChI is InChI=1S/C19H24N4O2/c20-19(24)25-18-9-2-1-8-17(18)23-14-12-22(13-15-23)11-5-7-16-6-3-4-10-21-16/h1-4,6,8-10H,5,7,11-15H2,(H2,20,24). The van der Waals surface area contributed by atoms with Crippen molar-refractivity contribution in [3.63, 3.8) is 0 Å². The van der Waals surface area contributed by atoms with Gasteiger partial charge < -0.3 is 15.4 Å². The maximum atomic E-state index is 11.1. The predicted octanol–water partition coefficient (Wildman–Crippen LogP) is 2.29. The van der Waals surface area contributed by atoms with Crippen molar-refractivity contribution in [3.05, 3.63) is 54.4 Å². The van der Waals surface area contributed by atoms with Crippen LogP contribution in [0.4, 0.5) is 10.5 Å². The van der Waals surface area contributed by atoms with E-state index in [1.165, 1.54) is 0 Å². The van der Waals surface area contributed by atoms with Gasteiger partial charge in [0.25, 0.3) is 0 Å². The number of benzene rings is 1. The van der Waals surface area contributed by atoms with Gasteiger partial charge in [-0.1, -0.05) is 18.2 Å². The average molecular weight is 340 g/mol. The summed E-state index contributed by atoms with van der Waals surface area (Å²) >= 11 is 0. The molecular weight excluding hydrogens is 316 g/mol. The second kappa shape index (κ2) is 8.48. The number of para-hydroxylation sites is 2. The molecule has 1 aliphatic heterocycles. The lowest BCUT2D eigenvalue weighted by Gasteiger charge is -2.36. The monoisotopic (exact) mass is 340 g/mol. The van der Waals surface area contributed by atoms with Gasteiger partial charge >= 0.3 is 6.09 Å². The summed E-state index contributed by atoms with van der Waals surface area (Å²) in [7, 11) is 0. The maximum absolute atomic E-state index is 11.1. The minimum Gasteiger partial charge on any atom is -0.408 e. The summed E-state index contributed by atoms with van der Waals surface area (Å²) in [5.41, 5.74) is 7.23. The van der Waals surface area contributed by atoms with Crippen molar-refractivity contribution in [2.45, 2.75) is 12.8 Å². The summed E-state index contributed by atoms with van der Waals surface area (Å²) < 4.78 is 5.12. The highest BCUT2D eigenvalue weighted by Crippen LogP contribution is 2.28. The molecule has 1 aliphatic rings. The van der Waals surface area contributed by atoms with Crippen LogP contribution in [-0.4, -0.2) is 48.7 Å². The number of nitrogens with zero attached hydrogens (tertiary/aromatic N) is 3. The third-order valence-electron chi connectivity index (χ3n) is 4.42. The molecule has 1 aromatic carbocycles. The molecule has 0 bridgehead atoms. The molecule has 1 amide bonds. The second-order valence-corrected chi connectivity index (χ2v) is 6.14. The number of aryl methyl sites for hydroxylation is 1. The molecule has 1 fully saturated rings. The summed E-state index contributed by atoms with van der Waals surface area (Å²) in [4.78, 5) is 20.1. The van der Waals surface area contributed by atoms with Crippen molar-refractivity contribution in [2.24, 2.45) is 5.73 Å². The Kier molecular flexibility index (Phi) is 5.85. The summed E-state index contributed by atoms with van der Waals surface area (Å²) in [6.07, 6.45) is 3.19. The zero-order valence-corrected chi connectivity index (χ0v) is 14.3. The van der Waals surface area contributed by atoms with Crippen molar-refractivity contribution in [2.75, 3.05) is 37.6 Å². The highest BCUT2D eigenvalue weighted by Gasteiger charge is 2.20. The molecule has 0 aliphatic carbocycles. The number of hydrogen-bond donors (Lipinski definition) is 1. The van der Waals surface area contributed by atoms with E-state index >= 15 is 0 Å². The molecule has 3 rings (SSSR count). The highest BCUT2D eigenvalue weighted by molar-refractivity contribution is 5.72. The summed E-state index contributed by atoms with van der Waals surface area (Å²) in [5.74, 6) is 0.526. The van der Waals surface area contributed by atoms with Crippen LogP contribution < -0.4 is 15.4 Å². The maximum Gasteiger partial charge on any atom is 0.410 e. The van der Waals surface area contributed by atoms with Crippen molar-refractivity contribution in [1.82, 2.24) is 9.88 Å². The Balaban J connectivity index is 1.48. The summed E-state index contributed by atoms with van der Waals surface area (Å²) in [6, 6.07) is 13.6. The Morgan fingerprint density at radius 1 is 1.08 bits per heavy atom. The lowest BCUT2D eigenvalue weighted by Crippen LogP contribution is -2.46. The average Bonchev–Trinajstić information content (AvgIpc) is 2.63. The number of carbonyl (C=O) groups is 1. The number of aromatic nitrogens is 1. The number of amides is 1. The number of primary amides is 1. The van der Waals surface area contributed by atoms with Crippen LogP contribution in [0.15, 0.2) is 48.7 Å². The molecule has 0 radical (unpaired) electrons. The number of anilines is 1. The van der Waals surface area contributed by atoms with E-state index in [1.807, 2.05) is 36.5 Å². The molecule has 132 valence electrons. The molecule has 2 heterocycles. The van der Waals surface area contributed by atoms with E-state index in [2.05, 4.69) is 20.9 Å². The lowest BCUT2D eigenvalue weighted by atomic mass is 10.2. The highest BCUT2D eigenvalue weighted by atomic mass is 16.5. The van der Waals surface area contributed by atoms with Crippen LogP contribution in [0.25, 0.3) is 0 Å². The van der Waals surface area contributed by atoms with Crippen LogP contribution in [0, 0.1) is 0 Å². The SMILES string of the molecule is NC(=O)Oc1ccccc1N1CCN(CCCc2ccccn2)CC1. The summed E-state index contributed by atoms with van der Waals surface area (Å²) in [6.45, 7) is 4.87. The third kappa shape index (κ3) is 4.93. The first-order valence-corrected chi connectivity index (χ1v) is 8.66. The number of ether oxygens (including phenoxy) is 1. The molecule has 1 aromatic heterocycles. The molecule has 0 saturated carbocycles. The Bertz CT molecular complexity index is 685. The normalized spacial score (nSPS) is 15.1. The first-order chi connectivity index (χ1) is 12.2. The van der Waals surface area contributed by atoms with Crippen molar-refractivity contribution in [3.8, 4) is 5.75 Å². The van der Waals surface area contributed by atoms with Crippen molar-refractivity contribution >= 4 is 11.8 Å². The van der Waals surface area contributed by atoms with E-state index in [9.17, 15) is 4.79 Å². The van der Waals surface area contributed by atoms with Crippen LogP contribution >= 0.6 is 0 Å². The Morgan fingerprint density at radius 3 is 2.56 bits per heavy atom. The van der Waals surface area contributed by atoms with Crippen molar-refractivity contribution in [1.29, 1.82) is 0 Å². The minimum atomic E-state index is -0.777. The number of carbonyl (C=O) groups excluding carboxylic acids is 1.